The molecule has 1 amide bonds. The maximum Gasteiger partial charge on any atom is 0.306 e. The molecule has 0 bridgehead atoms. The van der Waals surface area contributed by atoms with Gasteiger partial charge in [-0.2, -0.15) is 0 Å². The lowest BCUT2D eigenvalue weighted by Gasteiger charge is -2.39. The molecule has 1 aliphatic heterocycles. The van der Waals surface area contributed by atoms with Crippen LogP contribution in [0.25, 0.3) is 10.9 Å². The summed E-state index contributed by atoms with van der Waals surface area (Å²) >= 11 is 0. The lowest BCUT2D eigenvalue weighted by Crippen LogP contribution is -2.54. The van der Waals surface area contributed by atoms with Gasteiger partial charge in [0.15, 0.2) is 0 Å². The second-order valence-corrected chi connectivity index (χ2v) is 6.25. The van der Waals surface area contributed by atoms with E-state index in [0.29, 0.717) is 19.5 Å². The Hall–Kier alpha value is -2.34. The molecule has 1 aromatic heterocycles. The molecule has 0 saturated carbocycles. The Morgan fingerprint density at radius 3 is 2.88 bits per heavy atom. The first kappa shape index (κ1) is 16.5. The molecule has 2 heterocycles. The topological polar surface area (TPSA) is 65.6 Å². The van der Waals surface area contributed by atoms with Crippen molar-refractivity contribution in [2.24, 2.45) is 0 Å². The van der Waals surface area contributed by atoms with Gasteiger partial charge in [0, 0.05) is 54.9 Å². The fourth-order valence-electron chi connectivity index (χ4n) is 3.24. The summed E-state index contributed by atoms with van der Waals surface area (Å²) in [6.07, 6.45) is 2.27. The Labute approximate surface area is 141 Å². The van der Waals surface area contributed by atoms with Gasteiger partial charge in [-0.25, -0.2) is 0 Å². The van der Waals surface area contributed by atoms with Crippen LogP contribution in [0.2, 0.25) is 0 Å². The average molecular weight is 329 g/mol. The number of nitrogens with zero attached hydrogens (tertiary/aromatic N) is 2. The monoisotopic (exact) mass is 329 g/mol. The number of fused-ring (bicyclic) bond motifs is 1. The van der Waals surface area contributed by atoms with E-state index in [9.17, 15) is 9.59 Å². The van der Waals surface area contributed by atoms with Gasteiger partial charge in [-0.1, -0.05) is 0 Å². The fourth-order valence-corrected chi connectivity index (χ4v) is 3.24. The van der Waals surface area contributed by atoms with Crippen molar-refractivity contribution in [2.45, 2.75) is 19.4 Å². The van der Waals surface area contributed by atoms with Crippen LogP contribution in [0.3, 0.4) is 0 Å². The van der Waals surface area contributed by atoms with E-state index in [1.165, 1.54) is 7.11 Å². The molecule has 2 aromatic rings. The first-order valence-corrected chi connectivity index (χ1v) is 8.26. The molecule has 24 heavy (non-hydrogen) atoms. The quantitative estimate of drug-likeness (QED) is 0.870. The van der Waals surface area contributed by atoms with E-state index < -0.39 is 0 Å². The summed E-state index contributed by atoms with van der Waals surface area (Å²) in [7, 11) is 1.41. The van der Waals surface area contributed by atoms with Crippen molar-refractivity contribution >= 4 is 22.8 Å². The number of aromatic nitrogens is 1. The Bertz CT molecular complexity index is 740. The summed E-state index contributed by atoms with van der Waals surface area (Å²) in [4.78, 5) is 31.3. The minimum atomic E-state index is -0.194. The molecule has 1 fully saturated rings. The van der Waals surface area contributed by atoms with Gasteiger partial charge in [-0.15, -0.1) is 0 Å². The largest absolute Gasteiger partial charge is 0.469 e. The van der Waals surface area contributed by atoms with Gasteiger partial charge in [-0.3, -0.25) is 14.5 Å². The minimum Gasteiger partial charge on any atom is -0.469 e. The summed E-state index contributed by atoms with van der Waals surface area (Å²) in [5.41, 5.74) is 1.75. The first-order valence-electron chi connectivity index (χ1n) is 8.26. The van der Waals surface area contributed by atoms with Crippen LogP contribution in [-0.2, 0) is 9.53 Å². The van der Waals surface area contributed by atoms with E-state index in [4.69, 9.17) is 0 Å². The second-order valence-electron chi connectivity index (χ2n) is 6.25. The molecular formula is C18H23N3O3. The molecule has 0 spiro atoms. The number of carbonyl (C=O) groups is 2. The Balaban J connectivity index is 1.63. The zero-order valence-electron chi connectivity index (χ0n) is 14.1. The summed E-state index contributed by atoms with van der Waals surface area (Å²) in [5.74, 6) is -0.126. The number of piperazine rings is 1. The highest BCUT2D eigenvalue weighted by molar-refractivity contribution is 5.98. The van der Waals surface area contributed by atoms with Crippen LogP contribution in [0.5, 0.6) is 0 Å². The van der Waals surface area contributed by atoms with Gasteiger partial charge in [0.1, 0.15) is 0 Å². The molecule has 3 rings (SSSR count). The standard InChI is InChI=1S/C18H23N3O3/c1-13-12-20(8-6-17(22)24-2)9-10-21(13)18(23)15-3-4-16-14(11-15)5-7-19-16/h3-5,7,11,13,19H,6,8-10,12H2,1-2H3. The number of aromatic amines is 1. The lowest BCUT2D eigenvalue weighted by atomic mass is 10.1. The zero-order chi connectivity index (χ0) is 17.1. The van der Waals surface area contributed by atoms with Crippen LogP contribution in [0.4, 0.5) is 0 Å². The first-order chi connectivity index (χ1) is 11.6. The van der Waals surface area contributed by atoms with Gasteiger partial charge in [0.2, 0.25) is 0 Å². The van der Waals surface area contributed by atoms with Crippen LogP contribution < -0.4 is 0 Å². The second kappa shape index (κ2) is 7.05. The van der Waals surface area contributed by atoms with Gasteiger partial charge in [-0.05, 0) is 31.2 Å². The highest BCUT2D eigenvalue weighted by Gasteiger charge is 2.28. The highest BCUT2D eigenvalue weighted by atomic mass is 16.5. The maximum absolute atomic E-state index is 12.8. The normalized spacial score (nSPS) is 18.8. The van der Waals surface area contributed by atoms with Crippen molar-refractivity contribution in [2.75, 3.05) is 33.3 Å². The molecule has 1 saturated heterocycles. The molecule has 0 aliphatic carbocycles. The predicted octanol–water partition coefficient (Wildman–Crippen LogP) is 1.88. The third-order valence-electron chi connectivity index (χ3n) is 4.63. The molecule has 6 heteroatoms. The number of rotatable bonds is 4. The molecular weight excluding hydrogens is 306 g/mol. The molecule has 0 radical (unpaired) electrons. The average Bonchev–Trinajstić information content (AvgIpc) is 3.06. The molecule has 1 aliphatic rings. The summed E-state index contributed by atoms with van der Waals surface area (Å²) in [6.45, 7) is 4.95. The van der Waals surface area contributed by atoms with Gasteiger partial charge in [0.25, 0.3) is 5.91 Å². The van der Waals surface area contributed by atoms with Crippen molar-refractivity contribution in [1.29, 1.82) is 0 Å². The van der Waals surface area contributed by atoms with Crippen LogP contribution in [-0.4, -0.2) is 66.0 Å². The number of hydrogen-bond donors (Lipinski definition) is 1. The molecule has 1 unspecified atom stereocenters. The molecule has 1 N–H and O–H groups in total. The number of hydrogen-bond acceptors (Lipinski definition) is 4. The van der Waals surface area contributed by atoms with Crippen LogP contribution in [0, 0.1) is 0 Å². The van der Waals surface area contributed by atoms with Crippen molar-refractivity contribution in [3.63, 3.8) is 0 Å². The van der Waals surface area contributed by atoms with E-state index >= 15 is 0 Å². The Kier molecular flexibility index (Phi) is 4.85. The van der Waals surface area contributed by atoms with Crippen LogP contribution in [0.15, 0.2) is 30.5 Å². The summed E-state index contributed by atoms with van der Waals surface area (Å²) in [5, 5.41) is 1.05. The lowest BCUT2D eigenvalue weighted by molar-refractivity contribution is -0.141. The zero-order valence-corrected chi connectivity index (χ0v) is 14.1. The number of carbonyl (C=O) groups excluding carboxylic acids is 2. The van der Waals surface area contributed by atoms with E-state index in [1.807, 2.05) is 35.4 Å². The van der Waals surface area contributed by atoms with E-state index in [1.54, 1.807) is 0 Å². The minimum absolute atomic E-state index is 0.0678. The number of nitrogens with one attached hydrogen (secondary N) is 1. The smallest absolute Gasteiger partial charge is 0.306 e. The Morgan fingerprint density at radius 2 is 2.12 bits per heavy atom. The fraction of sp³-hybridized carbons (Fsp3) is 0.444. The van der Waals surface area contributed by atoms with Gasteiger partial charge < -0.3 is 14.6 Å². The molecule has 1 aromatic carbocycles. The molecule has 1 atom stereocenters. The predicted molar refractivity (Wildman–Crippen MR) is 91.9 cm³/mol. The SMILES string of the molecule is COC(=O)CCN1CCN(C(=O)c2ccc3[nH]ccc3c2)C(C)C1. The van der Waals surface area contributed by atoms with E-state index in [2.05, 4.69) is 21.5 Å². The third-order valence-corrected chi connectivity index (χ3v) is 4.63. The number of ether oxygens (including phenoxy) is 1. The third kappa shape index (κ3) is 3.43. The van der Waals surface area contributed by atoms with Crippen molar-refractivity contribution < 1.29 is 14.3 Å². The van der Waals surface area contributed by atoms with Crippen molar-refractivity contribution in [3.05, 3.63) is 36.0 Å². The summed E-state index contributed by atoms with van der Waals surface area (Å²) in [6, 6.07) is 7.84. The van der Waals surface area contributed by atoms with E-state index in [0.717, 1.165) is 29.6 Å². The number of methoxy groups -OCH3 is 1. The Morgan fingerprint density at radius 1 is 1.29 bits per heavy atom. The molecule has 6 nitrogen and oxygen atoms in total. The highest BCUT2D eigenvalue weighted by Crippen LogP contribution is 2.18. The van der Waals surface area contributed by atoms with E-state index in [-0.39, 0.29) is 17.9 Å². The van der Waals surface area contributed by atoms with Gasteiger partial charge >= 0.3 is 5.97 Å². The maximum atomic E-state index is 12.8. The number of amides is 1. The number of H-pyrrole nitrogens is 1. The van der Waals surface area contributed by atoms with Crippen LogP contribution >= 0.6 is 0 Å². The van der Waals surface area contributed by atoms with Gasteiger partial charge in [0.05, 0.1) is 13.5 Å². The summed E-state index contributed by atoms with van der Waals surface area (Å²) < 4.78 is 4.68. The number of esters is 1. The van der Waals surface area contributed by atoms with Crippen molar-refractivity contribution in [3.8, 4) is 0 Å². The molecule has 128 valence electrons. The number of benzene rings is 1. The van der Waals surface area contributed by atoms with Crippen LogP contribution in [0.1, 0.15) is 23.7 Å². The van der Waals surface area contributed by atoms with Crippen molar-refractivity contribution in [1.82, 2.24) is 14.8 Å².